The van der Waals surface area contributed by atoms with Crippen molar-refractivity contribution in [2.24, 2.45) is 10.2 Å². The molecule has 15 heteroatoms. The monoisotopic (exact) mass is 422 g/mol. The fraction of sp³-hybridized carbons (Fsp3) is 1.00. The van der Waals surface area contributed by atoms with Crippen LogP contribution in [0.1, 0.15) is 0 Å². The zero-order valence-electron chi connectivity index (χ0n) is 14.5. The van der Waals surface area contributed by atoms with Gasteiger partial charge in [-0.2, -0.15) is 0 Å². The van der Waals surface area contributed by atoms with E-state index in [9.17, 15) is 30.6 Å². The van der Waals surface area contributed by atoms with E-state index in [0.717, 1.165) is 11.8 Å². The predicted molar refractivity (Wildman–Crippen MR) is 93.8 cm³/mol. The van der Waals surface area contributed by atoms with Gasteiger partial charge in [0.1, 0.15) is 23.7 Å². The molecule has 2 heterocycles. The summed E-state index contributed by atoms with van der Waals surface area (Å²) in [7, 11) is 0. The Morgan fingerprint density at radius 3 is 1.71 bits per heavy atom. The number of rotatable bonds is 7. The molecule has 158 valence electrons. The Labute approximate surface area is 162 Å². The van der Waals surface area contributed by atoms with Crippen LogP contribution in [0.2, 0.25) is 0 Å². The molecule has 0 aromatic rings. The first kappa shape index (κ1) is 22.9. The minimum atomic E-state index is -1.41. The fourth-order valence-corrected chi connectivity index (χ4v) is 4.34. The first-order chi connectivity index (χ1) is 13.4. The Morgan fingerprint density at radius 2 is 1.21 bits per heavy atom. The zero-order chi connectivity index (χ0) is 20.8. The highest BCUT2D eigenvalue weighted by atomic mass is 32.2. The third-order valence-corrected chi connectivity index (χ3v) is 5.87. The van der Waals surface area contributed by atoms with Gasteiger partial charge in [0, 0.05) is 15.6 Å². The van der Waals surface area contributed by atoms with Crippen molar-refractivity contribution in [2.75, 3.05) is 19.0 Å². The number of hydrogen-bond acceptors (Lipinski definition) is 11. The average Bonchev–Trinajstić information content (AvgIpc) is 2.69. The highest BCUT2D eigenvalue weighted by molar-refractivity contribution is 7.99. The molecule has 0 amide bonds. The number of hydrogen-bond donors (Lipinski definition) is 6. The van der Waals surface area contributed by atoms with Gasteiger partial charge in [0.2, 0.25) is 0 Å². The van der Waals surface area contributed by atoms with Gasteiger partial charge in [0.05, 0.1) is 49.7 Å². The number of ether oxygens (including phenoxy) is 2. The van der Waals surface area contributed by atoms with Crippen LogP contribution in [0.25, 0.3) is 20.9 Å². The van der Waals surface area contributed by atoms with Crippen molar-refractivity contribution >= 4 is 11.8 Å². The van der Waals surface area contributed by atoms with Gasteiger partial charge in [-0.1, -0.05) is 10.2 Å². The number of thioether (sulfide) groups is 1. The van der Waals surface area contributed by atoms with E-state index in [1.165, 1.54) is 0 Å². The third kappa shape index (κ3) is 4.79. The molecule has 2 rings (SSSR count). The number of nitrogens with zero attached hydrogens (tertiary/aromatic N) is 6. The molecule has 2 fully saturated rings. The summed E-state index contributed by atoms with van der Waals surface area (Å²) in [4.78, 5) is 5.16. The molecule has 2 aliphatic rings. The average molecular weight is 422 g/mol. The van der Waals surface area contributed by atoms with E-state index in [4.69, 9.17) is 20.5 Å². The lowest BCUT2D eigenvalue weighted by Gasteiger charge is -2.43. The van der Waals surface area contributed by atoms with Gasteiger partial charge in [-0.15, -0.1) is 11.8 Å². The summed E-state index contributed by atoms with van der Waals surface area (Å²) in [5, 5.41) is 66.0. The van der Waals surface area contributed by atoms with E-state index in [1.54, 1.807) is 0 Å². The standard InChI is InChI=1S/C13H22N6O8S/c14-18-16-7-9(22)4(1-20)26-6(11(7)24)3-28-13-12(25)8(17-19-15)10(23)5(2-21)27-13/h4-13,20-25H,1-3H2/t4-,5?,6+,7?,8?,9?,10+,11+,12?,13+/m1/s1. The van der Waals surface area contributed by atoms with Gasteiger partial charge < -0.3 is 40.1 Å². The molecule has 0 spiro atoms. The highest BCUT2D eigenvalue weighted by Crippen LogP contribution is 2.33. The van der Waals surface area contributed by atoms with E-state index in [-0.39, 0.29) is 5.75 Å². The Bertz CT molecular complexity index is 568. The minimum absolute atomic E-state index is 0.0270. The van der Waals surface area contributed by atoms with Crippen LogP contribution >= 0.6 is 11.8 Å². The van der Waals surface area contributed by atoms with Crippen LogP contribution < -0.4 is 0 Å². The van der Waals surface area contributed by atoms with E-state index >= 15 is 0 Å². The SMILES string of the molecule is [N-]=[N+]=NC1C(O)[C@H](SC[C@@H]2O[C@H](CO)C(O)C(N=[N+]=[N-])[C@H]2O)OC(CO)[C@@H]1O. The molecule has 0 saturated carbocycles. The van der Waals surface area contributed by atoms with E-state index in [0.29, 0.717) is 0 Å². The summed E-state index contributed by atoms with van der Waals surface area (Å²) in [6, 6.07) is -2.50. The molecule has 2 saturated heterocycles. The largest absolute Gasteiger partial charge is 0.394 e. The van der Waals surface area contributed by atoms with Crippen LogP contribution in [0.5, 0.6) is 0 Å². The maximum Gasteiger partial charge on any atom is 0.130 e. The molecule has 10 atom stereocenters. The van der Waals surface area contributed by atoms with Crippen molar-refractivity contribution in [1.82, 2.24) is 0 Å². The van der Waals surface area contributed by atoms with E-state index < -0.39 is 73.5 Å². The normalized spacial score (nSPS) is 43.6. The van der Waals surface area contributed by atoms with E-state index in [1.807, 2.05) is 0 Å². The van der Waals surface area contributed by atoms with Gasteiger partial charge in [-0.3, -0.25) is 0 Å². The topological polar surface area (TPSA) is 237 Å². The summed E-state index contributed by atoms with van der Waals surface area (Å²) >= 11 is 0.940. The van der Waals surface area contributed by atoms with Crippen molar-refractivity contribution in [3.05, 3.63) is 20.9 Å². The number of aliphatic hydroxyl groups is 6. The minimum Gasteiger partial charge on any atom is -0.394 e. The van der Waals surface area contributed by atoms with Gasteiger partial charge in [-0.05, 0) is 11.1 Å². The molecule has 14 nitrogen and oxygen atoms in total. The summed E-state index contributed by atoms with van der Waals surface area (Å²) in [5.74, 6) is -0.0270. The summed E-state index contributed by atoms with van der Waals surface area (Å²) in [6.07, 6.45) is -8.81. The number of aliphatic hydroxyl groups excluding tert-OH is 6. The van der Waals surface area contributed by atoms with Crippen molar-refractivity contribution in [2.45, 2.75) is 60.2 Å². The van der Waals surface area contributed by atoms with Gasteiger partial charge in [0.25, 0.3) is 0 Å². The molecule has 0 radical (unpaired) electrons. The third-order valence-electron chi connectivity index (χ3n) is 4.63. The first-order valence-electron chi connectivity index (χ1n) is 8.34. The van der Waals surface area contributed by atoms with Crippen LogP contribution in [0.15, 0.2) is 10.2 Å². The summed E-state index contributed by atoms with van der Waals surface area (Å²) in [6.45, 7) is -1.16. The molecule has 0 aliphatic carbocycles. The lowest BCUT2D eigenvalue weighted by Crippen LogP contribution is -2.59. The molecule has 0 aromatic carbocycles. The van der Waals surface area contributed by atoms with Gasteiger partial charge in [0.15, 0.2) is 0 Å². The zero-order valence-corrected chi connectivity index (χ0v) is 15.3. The van der Waals surface area contributed by atoms with Crippen LogP contribution in [-0.2, 0) is 9.47 Å². The summed E-state index contributed by atoms with van der Waals surface area (Å²) < 4.78 is 10.9. The quantitative estimate of drug-likeness (QED) is 0.151. The molecule has 5 unspecified atom stereocenters. The molecule has 2 aliphatic heterocycles. The van der Waals surface area contributed by atoms with Crippen molar-refractivity contribution in [3.63, 3.8) is 0 Å². The van der Waals surface area contributed by atoms with Crippen LogP contribution in [0, 0.1) is 0 Å². The predicted octanol–water partition coefficient (Wildman–Crippen LogP) is -2.00. The van der Waals surface area contributed by atoms with Crippen LogP contribution in [-0.4, -0.2) is 110 Å². The Morgan fingerprint density at radius 1 is 0.750 bits per heavy atom. The smallest absolute Gasteiger partial charge is 0.130 e. The molecule has 6 N–H and O–H groups in total. The molecular weight excluding hydrogens is 400 g/mol. The van der Waals surface area contributed by atoms with E-state index in [2.05, 4.69) is 20.1 Å². The lowest BCUT2D eigenvalue weighted by molar-refractivity contribution is -0.181. The fourth-order valence-electron chi connectivity index (χ4n) is 3.10. The van der Waals surface area contributed by atoms with Crippen molar-refractivity contribution in [3.8, 4) is 0 Å². The van der Waals surface area contributed by atoms with Crippen LogP contribution in [0.4, 0.5) is 0 Å². The highest BCUT2D eigenvalue weighted by Gasteiger charge is 2.47. The van der Waals surface area contributed by atoms with Crippen LogP contribution in [0.3, 0.4) is 0 Å². The maximum absolute atomic E-state index is 10.3. The Kier molecular flexibility index (Phi) is 8.55. The maximum atomic E-state index is 10.3. The molecule has 28 heavy (non-hydrogen) atoms. The summed E-state index contributed by atoms with van der Waals surface area (Å²) in [5.41, 5.74) is 16.2. The number of azide groups is 2. The Balaban J connectivity index is 2.10. The van der Waals surface area contributed by atoms with Crippen molar-refractivity contribution < 1.29 is 40.1 Å². The van der Waals surface area contributed by atoms with Crippen molar-refractivity contribution in [1.29, 1.82) is 0 Å². The molecule has 0 aromatic heterocycles. The second-order valence-electron chi connectivity index (χ2n) is 6.31. The Hall–Kier alpha value is -1.35. The molecule has 0 bridgehead atoms. The lowest BCUT2D eigenvalue weighted by atomic mass is 9.94. The van der Waals surface area contributed by atoms with Gasteiger partial charge in [-0.25, -0.2) is 0 Å². The second kappa shape index (κ2) is 10.4. The molecular formula is C13H22N6O8S. The first-order valence-corrected chi connectivity index (χ1v) is 9.39. The second-order valence-corrected chi connectivity index (χ2v) is 7.44. The van der Waals surface area contributed by atoms with Gasteiger partial charge >= 0.3 is 0 Å².